The molecule has 2 heterocycles. The van der Waals surface area contributed by atoms with Crippen molar-refractivity contribution in [2.75, 3.05) is 13.6 Å². The first-order valence-corrected chi connectivity index (χ1v) is 5.90. The van der Waals surface area contributed by atoms with Crippen LogP contribution in [0.5, 0.6) is 17.2 Å². The molecule has 1 aliphatic rings. The zero-order valence-corrected chi connectivity index (χ0v) is 10.1. The van der Waals surface area contributed by atoms with Crippen molar-refractivity contribution in [3.63, 3.8) is 0 Å². The molecule has 0 amide bonds. The minimum absolute atomic E-state index is 0.0725. The Balaban J connectivity index is 2.08. The van der Waals surface area contributed by atoms with Gasteiger partial charge in [0, 0.05) is 18.3 Å². The number of ether oxygens (including phenoxy) is 2. The molecule has 2 aromatic rings. The van der Waals surface area contributed by atoms with E-state index in [-0.39, 0.29) is 6.10 Å². The van der Waals surface area contributed by atoms with Crippen LogP contribution in [0.3, 0.4) is 0 Å². The number of aromatic nitrogens is 1. The molecule has 0 radical (unpaired) electrons. The van der Waals surface area contributed by atoms with Crippen molar-refractivity contribution in [3.05, 3.63) is 48.3 Å². The van der Waals surface area contributed by atoms with Crippen molar-refractivity contribution in [2.24, 2.45) is 0 Å². The first kappa shape index (κ1) is 11.0. The minimum Gasteiger partial charge on any atom is -0.480 e. The molecule has 4 heteroatoms. The second kappa shape index (κ2) is 4.66. The van der Waals surface area contributed by atoms with Gasteiger partial charge in [-0.25, -0.2) is 0 Å². The summed E-state index contributed by atoms with van der Waals surface area (Å²) in [5.41, 5.74) is 1.01. The van der Waals surface area contributed by atoms with Crippen molar-refractivity contribution < 1.29 is 9.47 Å². The van der Waals surface area contributed by atoms with Gasteiger partial charge in [0.05, 0.1) is 6.20 Å². The molecule has 1 N–H and O–H groups in total. The van der Waals surface area contributed by atoms with E-state index in [4.69, 9.17) is 9.47 Å². The summed E-state index contributed by atoms with van der Waals surface area (Å²) in [6.45, 7) is 0.717. The van der Waals surface area contributed by atoms with E-state index in [1.165, 1.54) is 0 Å². The second-order valence-electron chi connectivity index (χ2n) is 4.13. The SMILES string of the molecule is CNC[C@H]1Oc2ccccc2Oc2cnccc21. The van der Waals surface area contributed by atoms with E-state index in [2.05, 4.69) is 10.3 Å². The fraction of sp³-hybridized carbons (Fsp3) is 0.214. The molecule has 0 saturated carbocycles. The van der Waals surface area contributed by atoms with Crippen molar-refractivity contribution in [1.29, 1.82) is 0 Å². The molecule has 0 saturated heterocycles. The summed E-state index contributed by atoms with van der Waals surface area (Å²) in [4.78, 5) is 4.11. The lowest BCUT2D eigenvalue weighted by molar-refractivity contribution is 0.207. The number of fused-ring (bicyclic) bond motifs is 2. The average molecular weight is 242 g/mol. The third-order valence-corrected chi connectivity index (χ3v) is 2.89. The standard InChI is InChI=1S/C14H14N2O2/c1-15-8-13-10-6-7-16-9-14(10)18-12-5-3-2-4-11(12)17-13/h2-7,9,13,15H,8H2,1H3/t13-/m1/s1. The summed E-state index contributed by atoms with van der Waals surface area (Å²) in [6, 6.07) is 9.61. The summed E-state index contributed by atoms with van der Waals surface area (Å²) in [5.74, 6) is 2.24. The van der Waals surface area contributed by atoms with Crippen molar-refractivity contribution >= 4 is 0 Å². The summed E-state index contributed by atoms with van der Waals surface area (Å²) in [5, 5.41) is 3.14. The Bertz CT molecular complexity index is 557. The highest BCUT2D eigenvalue weighted by Gasteiger charge is 2.23. The predicted octanol–water partition coefficient (Wildman–Crippen LogP) is 2.53. The predicted molar refractivity (Wildman–Crippen MR) is 68.0 cm³/mol. The molecule has 0 bridgehead atoms. The fourth-order valence-corrected chi connectivity index (χ4v) is 2.05. The Morgan fingerprint density at radius 2 is 2.00 bits per heavy atom. The van der Waals surface area contributed by atoms with E-state index in [0.29, 0.717) is 6.54 Å². The van der Waals surface area contributed by atoms with Gasteiger partial charge in [-0.15, -0.1) is 0 Å². The van der Waals surface area contributed by atoms with E-state index in [1.54, 1.807) is 12.4 Å². The molecule has 3 rings (SSSR count). The summed E-state index contributed by atoms with van der Waals surface area (Å²) in [6.07, 6.45) is 3.41. The maximum Gasteiger partial charge on any atom is 0.169 e. The van der Waals surface area contributed by atoms with E-state index in [1.807, 2.05) is 37.4 Å². The summed E-state index contributed by atoms with van der Waals surface area (Å²) in [7, 11) is 1.90. The Hall–Kier alpha value is -2.07. The number of nitrogens with zero attached hydrogens (tertiary/aromatic N) is 1. The van der Waals surface area contributed by atoms with Crippen LogP contribution < -0.4 is 14.8 Å². The number of hydrogen-bond donors (Lipinski definition) is 1. The number of hydrogen-bond acceptors (Lipinski definition) is 4. The van der Waals surface area contributed by atoms with Gasteiger partial charge in [0.1, 0.15) is 6.10 Å². The average Bonchev–Trinajstić information content (AvgIpc) is 2.56. The lowest BCUT2D eigenvalue weighted by Crippen LogP contribution is -2.21. The normalized spacial score (nSPS) is 16.8. The minimum atomic E-state index is -0.0725. The third-order valence-electron chi connectivity index (χ3n) is 2.89. The van der Waals surface area contributed by atoms with Gasteiger partial charge in [0.2, 0.25) is 0 Å². The highest BCUT2D eigenvalue weighted by molar-refractivity contribution is 5.47. The van der Waals surface area contributed by atoms with Gasteiger partial charge in [-0.1, -0.05) is 12.1 Å². The first-order chi connectivity index (χ1) is 8.88. The number of nitrogens with one attached hydrogen (secondary N) is 1. The van der Waals surface area contributed by atoms with E-state index in [0.717, 1.165) is 22.8 Å². The van der Waals surface area contributed by atoms with E-state index in [9.17, 15) is 0 Å². The molecular formula is C14H14N2O2. The number of benzene rings is 1. The van der Waals surface area contributed by atoms with Gasteiger partial charge >= 0.3 is 0 Å². The van der Waals surface area contributed by atoms with E-state index < -0.39 is 0 Å². The monoisotopic (exact) mass is 242 g/mol. The van der Waals surface area contributed by atoms with Crippen LogP contribution in [0.15, 0.2) is 42.7 Å². The maximum atomic E-state index is 6.01. The molecule has 1 atom stereocenters. The molecule has 0 aliphatic carbocycles. The summed E-state index contributed by atoms with van der Waals surface area (Å²) >= 11 is 0. The zero-order valence-electron chi connectivity index (χ0n) is 10.1. The maximum absolute atomic E-state index is 6.01. The van der Waals surface area contributed by atoms with Crippen LogP contribution in [-0.4, -0.2) is 18.6 Å². The molecule has 0 spiro atoms. The Morgan fingerprint density at radius 1 is 1.17 bits per heavy atom. The lowest BCUT2D eigenvalue weighted by Gasteiger charge is -2.17. The Kier molecular flexibility index (Phi) is 2.86. The first-order valence-electron chi connectivity index (χ1n) is 5.90. The summed E-state index contributed by atoms with van der Waals surface area (Å²) < 4.78 is 11.9. The molecular weight excluding hydrogens is 228 g/mol. The van der Waals surface area contributed by atoms with Gasteiger partial charge in [-0.3, -0.25) is 4.98 Å². The number of pyridine rings is 1. The number of para-hydroxylation sites is 2. The molecule has 4 nitrogen and oxygen atoms in total. The quantitative estimate of drug-likeness (QED) is 0.878. The Labute approximate surface area is 106 Å². The van der Waals surface area contributed by atoms with Crippen LogP contribution in [0, 0.1) is 0 Å². The molecule has 1 aromatic heterocycles. The van der Waals surface area contributed by atoms with Crippen LogP contribution >= 0.6 is 0 Å². The van der Waals surface area contributed by atoms with Crippen LogP contribution in [0.2, 0.25) is 0 Å². The third kappa shape index (κ3) is 1.91. The molecule has 92 valence electrons. The largest absolute Gasteiger partial charge is 0.480 e. The topological polar surface area (TPSA) is 43.4 Å². The van der Waals surface area contributed by atoms with Crippen LogP contribution in [-0.2, 0) is 0 Å². The van der Waals surface area contributed by atoms with Crippen LogP contribution in [0.1, 0.15) is 11.7 Å². The Morgan fingerprint density at radius 3 is 2.83 bits per heavy atom. The highest BCUT2D eigenvalue weighted by Crippen LogP contribution is 2.40. The van der Waals surface area contributed by atoms with Crippen LogP contribution in [0.25, 0.3) is 0 Å². The molecule has 0 unspecified atom stereocenters. The highest BCUT2D eigenvalue weighted by atomic mass is 16.5. The van der Waals surface area contributed by atoms with Crippen LogP contribution in [0.4, 0.5) is 0 Å². The van der Waals surface area contributed by atoms with Crippen molar-refractivity contribution in [3.8, 4) is 17.2 Å². The number of rotatable bonds is 2. The molecule has 0 fully saturated rings. The van der Waals surface area contributed by atoms with Gasteiger partial charge in [-0.2, -0.15) is 0 Å². The zero-order chi connectivity index (χ0) is 12.4. The second-order valence-corrected chi connectivity index (χ2v) is 4.13. The van der Waals surface area contributed by atoms with Crippen molar-refractivity contribution in [1.82, 2.24) is 10.3 Å². The smallest absolute Gasteiger partial charge is 0.169 e. The van der Waals surface area contributed by atoms with Gasteiger partial charge in [0.15, 0.2) is 17.2 Å². The molecule has 18 heavy (non-hydrogen) atoms. The molecule has 1 aliphatic heterocycles. The number of likely N-dealkylation sites (N-methyl/N-ethyl adjacent to an activating group) is 1. The lowest BCUT2D eigenvalue weighted by atomic mass is 10.1. The van der Waals surface area contributed by atoms with E-state index >= 15 is 0 Å². The van der Waals surface area contributed by atoms with Gasteiger partial charge in [-0.05, 0) is 25.2 Å². The van der Waals surface area contributed by atoms with Gasteiger partial charge < -0.3 is 14.8 Å². The van der Waals surface area contributed by atoms with Crippen molar-refractivity contribution in [2.45, 2.75) is 6.10 Å². The van der Waals surface area contributed by atoms with Gasteiger partial charge in [0.25, 0.3) is 0 Å². The molecule has 1 aromatic carbocycles. The fourth-order valence-electron chi connectivity index (χ4n) is 2.05.